The van der Waals surface area contributed by atoms with E-state index in [4.69, 9.17) is 4.74 Å². The summed E-state index contributed by atoms with van der Waals surface area (Å²) < 4.78 is 30.4. The smallest absolute Gasteiger partial charge is 0.329 e. The first-order valence-electron chi connectivity index (χ1n) is 9.69. The molecular formula is C20H26N2O5S. The highest BCUT2D eigenvalue weighted by atomic mass is 32.2. The van der Waals surface area contributed by atoms with Gasteiger partial charge in [-0.2, -0.15) is 0 Å². The molecule has 0 amide bonds. The third-order valence-corrected chi connectivity index (χ3v) is 7.32. The summed E-state index contributed by atoms with van der Waals surface area (Å²) in [6, 6.07) is 3.58. The van der Waals surface area contributed by atoms with Crippen LogP contribution in [0.15, 0.2) is 34.2 Å². The van der Waals surface area contributed by atoms with Crippen molar-refractivity contribution in [1.29, 1.82) is 0 Å². The minimum Gasteiger partial charge on any atom is -0.467 e. The Morgan fingerprint density at radius 2 is 2.00 bits per heavy atom. The molecule has 1 aromatic carbocycles. The van der Waals surface area contributed by atoms with Gasteiger partial charge in [0.2, 0.25) is 0 Å². The van der Waals surface area contributed by atoms with Crippen LogP contribution in [0.1, 0.15) is 51.5 Å². The molecule has 0 radical (unpaired) electrons. The van der Waals surface area contributed by atoms with Crippen LogP contribution in [0.3, 0.4) is 0 Å². The minimum absolute atomic E-state index is 0.0264. The molecule has 3 rings (SSSR count). The van der Waals surface area contributed by atoms with E-state index in [2.05, 4.69) is 4.98 Å². The average Bonchev–Trinajstić information content (AvgIpc) is 2.72. The van der Waals surface area contributed by atoms with Crippen molar-refractivity contribution in [2.45, 2.75) is 56.4 Å². The number of carbonyl (C=O) groups is 1. The van der Waals surface area contributed by atoms with E-state index >= 15 is 0 Å². The summed E-state index contributed by atoms with van der Waals surface area (Å²) in [5.41, 5.74) is -0.0614. The predicted molar refractivity (Wildman–Crippen MR) is 106 cm³/mol. The van der Waals surface area contributed by atoms with Gasteiger partial charge in [0.05, 0.1) is 35.0 Å². The second-order valence-electron chi connectivity index (χ2n) is 7.32. The molecule has 0 N–H and O–H groups in total. The second-order valence-corrected chi connectivity index (χ2v) is 9.60. The van der Waals surface area contributed by atoms with Crippen molar-refractivity contribution in [3.8, 4) is 0 Å². The van der Waals surface area contributed by atoms with Gasteiger partial charge in [-0.3, -0.25) is 9.36 Å². The Labute approximate surface area is 164 Å². The van der Waals surface area contributed by atoms with E-state index in [1.165, 1.54) is 42.6 Å². The van der Waals surface area contributed by atoms with Crippen molar-refractivity contribution in [3.63, 3.8) is 0 Å². The van der Waals surface area contributed by atoms with E-state index in [-0.39, 0.29) is 21.6 Å². The number of ether oxygens (including phenoxy) is 1. The standard InChI is InChI=1S/C20H26N2O5S/c1-3-28(25,26)15-9-10-16-17(12-15)21-13-22(19(16)23)18(20(24)27-2)11-14-7-5-4-6-8-14/h9-10,12-14,18H,3-8,11H2,1-2H3. The molecule has 0 saturated heterocycles. The summed E-state index contributed by atoms with van der Waals surface area (Å²) in [6.07, 6.45) is 7.44. The quantitative estimate of drug-likeness (QED) is 0.685. The normalized spacial score (nSPS) is 16.8. The van der Waals surface area contributed by atoms with Gasteiger partial charge in [-0.15, -0.1) is 0 Å². The highest BCUT2D eigenvalue weighted by Gasteiger charge is 2.28. The van der Waals surface area contributed by atoms with E-state index in [0.29, 0.717) is 17.9 Å². The number of fused-ring (bicyclic) bond motifs is 1. The van der Waals surface area contributed by atoms with E-state index in [9.17, 15) is 18.0 Å². The lowest BCUT2D eigenvalue weighted by Crippen LogP contribution is -2.32. The monoisotopic (exact) mass is 406 g/mol. The molecule has 152 valence electrons. The van der Waals surface area contributed by atoms with Gasteiger partial charge in [-0.1, -0.05) is 39.0 Å². The molecule has 0 spiro atoms. The van der Waals surface area contributed by atoms with Gasteiger partial charge in [0.15, 0.2) is 9.84 Å². The first kappa shape index (κ1) is 20.5. The van der Waals surface area contributed by atoms with Crippen molar-refractivity contribution in [2.75, 3.05) is 12.9 Å². The lowest BCUT2D eigenvalue weighted by molar-refractivity contribution is -0.145. The zero-order chi connectivity index (χ0) is 20.3. The number of hydrogen-bond acceptors (Lipinski definition) is 6. The number of hydrogen-bond donors (Lipinski definition) is 0. The number of esters is 1. The number of methoxy groups -OCH3 is 1. The Hall–Kier alpha value is -2.22. The Morgan fingerprint density at radius 3 is 2.64 bits per heavy atom. The van der Waals surface area contributed by atoms with E-state index in [1.54, 1.807) is 6.92 Å². The maximum atomic E-state index is 13.0. The van der Waals surface area contributed by atoms with Gasteiger partial charge in [-0.05, 0) is 30.5 Å². The molecule has 1 atom stereocenters. The van der Waals surface area contributed by atoms with Crippen molar-refractivity contribution in [1.82, 2.24) is 9.55 Å². The van der Waals surface area contributed by atoms with Crippen LogP contribution in [-0.4, -0.2) is 36.8 Å². The van der Waals surface area contributed by atoms with E-state index in [1.807, 2.05) is 0 Å². The SMILES string of the molecule is CCS(=O)(=O)c1ccc2c(=O)n(C(CC3CCCCC3)C(=O)OC)cnc2c1. The van der Waals surface area contributed by atoms with Gasteiger partial charge in [0, 0.05) is 0 Å². The van der Waals surface area contributed by atoms with Gasteiger partial charge >= 0.3 is 5.97 Å². The molecular weight excluding hydrogens is 380 g/mol. The maximum absolute atomic E-state index is 13.0. The molecule has 8 heteroatoms. The van der Waals surface area contributed by atoms with E-state index < -0.39 is 21.8 Å². The summed E-state index contributed by atoms with van der Waals surface area (Å²) in [4.78, 5) is 29.8. The number of benzene rings is 1. The molecule has 1 heterocycles. The molecule has 0 aliphatic heterocycles. The molecule has 1 saturated carbocycles. The Balaban J connectivity index is 2.02. The topological polar surface area (TPSA) is 95.3 Å². The number of aromatic nitrogens is 2. The second kappa shape index (κ2) is 8.43. The summed E-state index contributed by atoms with van der Waals surface area (Å²) >= 11 is 0. The van der Waals surface area contributed by atoms with Gasteiger partial charge < -0.3 is 4.74 Å². The molecule has 1 aromatic heterocycles. The van der Waals surface area contributed by atoms with Crippen molar-refractivity contribution < 1.29 is 17.9 Å². The van der Waals surface area contributed by atoms with Crippen molar-refractivity contribution in [3.05, 3.63) is 34.9 Å². The molecule has 1 aliphatic rings. The van der Waals surface area contributed by atoms with Crippen LogP contribution < -0.4 is 5.56 Å². The van der Waals surface area contributed by atoms with Crippen LogP contribution in [0.25, 0.3) is 10.9 Å². The minimum atomic E-state index is -3.39. The van der Waals surface area contributed by atoms with Crippen LogP contribution in [0.2, 0.25) is 0 Å². The molecule has 7 nitrogen and oxygen atoms in total. The predicted octanol–water partition coefficient (Wildman–Crippen LogP) is 2.87. The number of sulfone groups is 1. The lowest BCUT2D eigenvalue weighted by Gasteiger charge is -2.26. The highest BCUT2D eigenvalue weighted by molar-refractivity contribution is 7.91. The van der Waals surface area contributed by atoms with Crippen LogP contribution in [-0.2, 0) is 19.4 Å². The Kier molecular flexibility index (Phi) is 6.17. The fourth-order valence-corrected chi connectivity index (χ4v) is 4.80. The van der Waals surface area contributed by atoms with Crippen LogP contribution in [0.5, 0.6) is 0 Å². The first-order valence-corrected chi connectivity index (χ1v) is 11.3. The van der Waals surface area contributed by atoms with E-state index in [0.717, 1.165) is 25.7 Å². The summed E-state index contributed by atoms with van der Waals surface area (Å²) in [6.45, 7) is 1.57. The Bertz CT molecular complexity index is 1020. The number of nitrogens with zero attached hydrogens (tertiary/aromatic N) is 2. The highest BCUT2D eigenvalue weighted by Crippen LogP contribution is 2.31. The molecule has 1 unspecified atom stereocenters. The van der Waals surface area contributed by atoms with Crippen LogP contribution in [0.4, 0.5) is 0 Å². The molecule has 28 heavy (non-hydrogen) atoms. The zero-order valence-electron chi connectivity index (χ0n) is 16.3. The van der Waals surface area contributed by atoms with Gasteiger partial charge in [0.1, 0.15) is 6.04 Å². The fourth-order valence-electron chi connectivity index (χ4n) is 3.90. The Morgan fingerprint density at radius 1 is 1.29 bits per heavy atom. The third kappa shape index (κ3) is 4.11. The summed E-state index contributed by atoms with van der Waals surface area (Å²) in [5, 5.41) is 0.287. The lowest BCUT2D eigenvalue weighted by atomic mass is 9.84. The molecule has 1 fully saturated rings. The first-order chi connectivity index (χ1) is 13.4. The van der Waals surface area contributed by atoms with Crippen molar-refractivity contribution >= 4 is 26.7 Å². The van der Waals surface area contributed by atoms with Gasteiger partial charge in [0.25, 0.3) is 5.56 Å². The summed E-state index contributed by atoms with van der Waals surface area (Å²) in [5.74, 6) is -0.113. The fraction of sp³-hybridized carbons (Fsp3) is 0.550. The van der Waals surface area contributed by atoms with Gasteiger partial charge in [-0.25, -0.2) is 18.2 Å². The number of carbonyl (C=O) groups excluding carboxylic acids is 1. The van der Waals surface area contributed by atoms with Crippen LogP contribution >= 0.6 is 0 Å². The summed E-state index contributed by atoms with van der Waals surface area (Å²) in [7, 11) is -2.07. The molecule has 0 bridgehead atoms. The van der Waals surface area contributed by atoms with Crippen LogP contribution in [0, 0.1) is 5.92 Å². The maximum Gasteiger partial charge on any atom is 0.329 e. The molecule has 2 aromatic rings. The number of rotatable bonds is 6. The third-order valence-electron chi connectivity index (χ3n) is 5.58. The zero-order valence-corrected chi connectivity index (χ0v) is 17.1. The largest absolute Gasteiger partial charge is 0.467 e. The average molecular weight is 407 g/mol. The van der Waals surface area contributed by atoms with Crippen molar-refractivity contribution in [2.24, 2.45) is 5.92 Å². The molecule has 1 aliphatic carbocycles.